The summed E-state index contributed by atoms with van der Waals surface area (Å²) in [5.74, 6) is 0.622. The lowest BCUT2D eigenvalue weighted by Gasteiger charge is -2.14. The van der Waals surface area contributed by atoms with Crippen molar-refractivity contribution in [1.82, 2.24) is 10.6 Å². The van der Waals surface area contributed by atoms with Crippen molar-refractivity contribution in [2.75, 3.05) is 13.2 Å². The van der Waals surface area contributed by atoms with Gasteiger partial charge in [0.05, 0.1) is 18.1 Å². The second-order valence-electron chi connectivity index (χ2n) is 5.10. The van der Waals surface area contributed by atoms with E-state index in [0.717, 1.165) is 24.9 Å². The molecule has 0 aliphatic heterocycles. The molecule has 1 aliphatic rings. The highest BCUT2D eigenvalue weighted by Crippen LogP contribution is 2.32. The maximum Gasteiger partial charge on any atom is 0.223 e. The van der Waals surface area contributed by atoms with Gasteiger partial charge in [0.15, 0.2) is 0 Å². The minimum atomic E-state index is 0.0239. The molecule has 4 nitrogen and oxygen atoms in total. The van der Waals surface area contributed by atoms with Gasteiger partial charge in [0, 0.05) is 23.2 Å². The van der Waals surface area contributed by atoms with Crippen molar-refractivity contribution < 1.29 is 9.53 Å². The molecule has 0 saturated heterocycles. The maximum absolute atomic E-state index is 11.6. The Bertz CT molecular complexity index is 505. The molecule has 1 aromatic carbocycles. The summed E-state index contributed by atoms with van der Waals surface area (Å²) in [6.07, 6.45) is 2.50. The number of ether oxygens (including phenoxy) is 1. The number of amides is 1. The molecule has 21 heavy (non-hydrogen) atoms. The molecule has 1 aliphatic carbocycles. The highest BCUT2D eigenvalue weighted by atomic mass is 35.5. The average Bonchev–Trinajstić information content (AvgIpc) is 3.22. The van der Waals surface area contributed by atoms with Crippen molar-refractivity contribution >= 4 is 29.1 Å². The molecule has 1 aromatic rings. The Hall–Kier alpha value is -0.970. The van der Waals surface area contributed by atoms with E-state index in [1.807, 2.05) is 13.0 Å². The van der Waals surface area contributed by atoms with Crippen molar-refractivity contribution in [2.45, 2.75) is 38.8 Å². The van der Waals surface area contributed by atoms with Crippen molar-refractivity contribution in [2.24, 2.45) is 0 Å². The zero-order chi connectivity index (χ0) is 15.2. The first kappa shape index (κ1) is 16.4. The topological polar surface area (TPSA) is 50.4 Å². The number of carbonyl (C=O) groups is 1. The van der Waals surface area contributed by atoms with Crippen LogP contribution in [0.2, 0.25) is 10.0 Å². The minimum absolute atomic E-state index is 0.0239. The summed E-state index contributed by atoms with van der Waals surface area (Å²) in [7, 11) is 0. The molecular weight excluding hydrogens is 311 g/mol. The molecule has 0 spiro atoms. The number of nitrogens with one attached hydrogen (secondary N) is 2. The molecule has 6 heteroatoms. The van der Waals surface area contributed by atoms with Gasteiger partial charge in [0.1, 0.15) is 5.75 Å². The SMILES string of the molecule is CCNCc1cc(Cl)cc(Cl)c1OCCC(=O)NC1CC1. The number of benzene rings is 1. The first-order valence-electron chi connectivity index (χ1n) is 7.21. The van der Waals surface area contributed by atoms with Gasteiger partial charge in [0.2, 0.25) is 5.91 Å². The van der Waals surface area contributed by atoms with Crippen LogP contribution < -0.4 is 15.4 Å². The van der Waals surface area contributed by atoms with Crippen LogP contribution in [0.15, 0.2) is 12.1 Å². The van der Waals surface area contributed by atoms with Gasteiger partial charge in [-0.2, -0.15) is 0 Å². The van der Waals surface area contributed by atoms with E-state index < -0.39 is 0 Å². The molecule has 116 valence electrons. The molecule has 0 heterocycles. The molecule has 2 rings (SSSR count). The summed E-state index contributed by atoms with van der Waals surface area (Å²) in [6, 6.07) is 3.86. The molecule has 0 aromatic heterocycles. The zero-order valence-electron chi connectivity index (χ0n) is 12.0. The Kier molecular flexibility index (Phi) is 6.15. The summed E-state index contributed by atoms with van der Waals surface area (Å²) in [6.45, 7) is 3.79. The second-order valence-corrected chi connectivity index (χ2v) is 5.94. The number of carbonyl (C=O) groups excluding carboxylic acids is 1. The van der Waals surface area contributed by atoms with Gasteiger partial charge in [-0.25, -0.2) is 0 Å². The Morgan fingerprint density at radius 3 is 2.81 bits per heavy atom. The summed E-state index contributed by atoms with van der Waals surface area (Å²) in [4.78, 5) is 11.6. The fourth-order valence-electron chi connectivity index (χ4n) is 1.94. The molecule has 1 amide bonds. The molecule has 2 N–H and O–H groups in total. The van der Waals surface area contributed by atoms with Crippen molar-refractivity contribution in [3.63, 3.8) is 0 Å². The predicted molar refractivity (Wildman–Crippen MR) is 85.1 cm³/mol. The van der Waals surface area contributed by atoms with E-state index in [9.17, 15) is 4.79 Å². The lowest BCUT2D eigenvalue weighted by Crippen LogP contribution is -2.26. The van der Waals surface area contributed by atoms with Gasteiger partial charge in [-0.05, 0) is 31.5 Å². The lowest BCUT2D eigenvalue weighted by molar-refractivity contribution is -0.121. The standard InChI is InChI=1S/C15H20Cl2N2O2/c1-2-18-9-10-7-11(16)8-13(17)15(10)21-6-5-14(20)19-12-3-4-12/h7-8,12,18H,2-6,9H2,1H3,(H,19,20). The van der Waals surface area contributed by atoms with E-state index in [-0.39, 0.29) is 5.91 Å². The smallest absolute Gasteiger partial charge is 0.223 e. The Balaban J connectivity index is 1.91. The van der Waals surface area contributed by atoms with Crippen LogP contribution in [0.3, 0.4) is 0 Å². The van der Waals surface area contributed by atoms with Crippen LogP contribution in [0.4, 0.5) is 0 Å². The van der Waals surface area contributed by atoms with Gasteiger partial charge < -0.3 is 15.4 Å². The largest absolute Gasteiger partial charge is 0.491 e. The maximum atomic E-state index is 11.6. The van der Waals surface area contributed by atoms with Gasteiger partial charge >= 0.3 is 0 Å². The third-order valence-corrected chi connectivity index (χ3v) is 3.67. The first-order chi connectivity index (χ1) is 10.1. The molecule has 0 radical (unpaired) electrons. The fraction of sp³-hybridized carbons (Fsp3) is 0.533. The summed E-state index contributed by atoms with van der Waals surface area (Å²) >= 11 is 12.2. The van der Waals surface area contributed by atoms with E-state index >= 15 is 0 Å². The van der Waals surface area contributed by atoms with E-state index in [2.05, 4.69) is 10.6 Å². The normalized spacial score (nSPS) is 14.0. The first-order valence-corrected chi connectivity index (χ1v) is 7.96. The minimum Gasteiger partial charge on any atom is -0.491 e. The molecule has 1 saturated carbocycles. The van der Waals surface area contributed by atoms with E-state index in [0.29, 0.717) is 41.4 Å². The van der Waals surface area contributed by atoms with Crippen LogP contribution in [0.1, 0.15) is 31.7 Å². The number of hydrogen-bond donors (Lipinski definition) is 2. The number of hydrogen-bond acceptors (Lipinski definition) is 3. The third kappa shape index (κ3) is 5.38. The van der Waals surface area contributed by atoms with Crippen LogP contribution >= 0.6 is 23.2 Å². The van der Waals surface area contributed by atoms with Crippen LogP contribution in [0.25, 0.3) is 0 Å². The lowest BCUT2D eigenvalue weighted by atomic mass is 10.2. The average molecular weight is 331 g/mol. The fourth-order valence-corrected chi connectivity index (χ4v) is 2.53. The number of halogens is 2. The zero-order valence-corrected chi connectivity index (χ0v) is 13.6. The molecule has 0 bridgehead atoms. The summed E-state index contributed by atoms with van der Waals surface area (Å²) in [5, 5.41) is 7.19. The van der Waals surface area contributed by atoms with E-state index in [1.54, 1.807) is 6.07 Å². The van der Waals surface area contributed by atoms with Gasteiger partial charge in [0.25, 0.3) is 0 Å². The Labute approximate surface area is 135 Å². The molecule has 1 fully saturated rings. The highest BCUT2D eigenvalue weighted by Gasteiger charge is 2.23. The Morgan fingerprint density at radius 2 is 2.14 bits per heavy atom. The summed E-state index contributed by atoms with van der Waals surface area (Å²) < 4.78 is 5.70. The monoisotopic (exact) mass is 330 g/mol. The van der Waals surface area contributed by atoms with Crippen LogP contribution in [-0.4, -0.2) is 25.1 Å². The second kappa shape index (κ2) is 7.87. The molecule has 0 atom stereocenters. The van der Waals surface area contributed by atoms with E-state index in [1.165, 1.54) is 0 Å². The summed E-state index contributed by atoms with van der Waals surface area (Å²) in [5.41, 5.74) is 0.900. The highest BCUT2D eigenvalue weighted by molar-refractivity contribution is 6.35. The Morgan fingerprint density at radius 1 is 1.38 bits per heavy atom. The van der Waals surface area contributed by atoms with Crippen molar-refractivity contribution in [3.8, 4) is 5.75 Å². The van der Waals surface area contributed by atoms with Gasteiger partial charge in [-0.15, -0.1) is 0 Å². The van der Waals surface area contributed by atoms with Crippen LogP contribution in [-0.2, 0) is 11.3 Å². The van der Waals surface area contributed by atoms with Crippen LogP contribution in [0, 0.1) is 0 Å². The van der Waals surface area contributed by atoms with Crippen LogP contribution in [0.5, 0.6) is 5.75 Å². The van der Waals surface area contributed by atoms with Gasteiger partial charge in [-0.3, -0.25) is 4.79 Å². The molecule has 0 unspecified atom stereocenters. The van der Waals surface area contributed by atoms with Crippen molar-refractivity contribution in [1.29, 1.82) is 0 Å². The van der Waals surface area contributed by atoms with E-state index in [4.69, 9.17) is 27.9 Å². The number of rotatable bonds is 8. The predicted octanol–water partition coefficient (Wildman–Crippen LogP) is 3.15. The quantitative estimate of drug-likeness (QED) is 0.769. The molecular formula is C15H20Cl2N2O2. The third-order valence-electron chi connectivity index (χ3n) is 3.17. The van der Waals surface area contributed by atoms with Gasteiger partial charge in [-0.1, -0.05) is 30.1 Å². The van der Waals surface area contributed by atoms with Crippen molar-refractivity contribution in [3.05, 3.63) is 27.7 Å².